The summed E-state index contributed by atoms with van der Waals surface area (Å²) in [6.07, 6.45) is 5.43. The predicted octanol–water partition coefficient (Wildman–Crippen LogP) is 0.487. The van der Waals surface area contributed by atoms with Crippen molar-refractivity contribution >= 4 is 11.8 Å². The van der Waals surface area contributed by atoms with Gasteiger partial charge in [-0.2, -0.15) is 0 Å². The van der Waals surface area contributed by atoms with Gasteiger partial charge in [0.25, 0.3) is 0 Å². The third kappa shape index (κ3) is 2.43. The van der Waals surface area contributed by atoms with Crippen LogP contribution < -0.4 is 11.1 Å². The highest BCUT2D eigenvalue weighted by Crippen LogP contribution is 2.48. The number of carbonyl (C=O) groups excluding carboxylic acids is 2. The summed E-state index contributed by atoms with van der Waals surface area (Å²) in [6, 6.07) is 0.169. The summed E-state index contributed by atoms with van der Waals surface area (Å²) in [4.78, 5) is 25.9. The van der Waals surface area contributed by atoms with Crippen molar-refractivity contribution in [2.45, 2.75) is 51.1 Å². The third-order valence-corrected chi connectivity index (χ3v) is 5.41. The lowest BCUT2D eigenvalue weighted by Gasteiger charge is -2.37. The number of nitrogens with two attached hydrogens (primary N) is 1. The fourth-order valence-electron chi connectivity index (χ4n) is 4.50. The Labute approximate surface area is 120 Å². The van der Waals surface area contributed by atoms with Crippen molar-refractivity contribution in [1.29, 1.82) is 0 Å². The molecule has 0 spiro atoms. The van der Waals surface area contributed by atoms with Crippen molar-refractivity contribution in [2.75, 3.05) is 13.1 Å². The Morgan fingerprint density at radius 2 is 1.95 bits per heavy atom. The van der Waals surface area contributed by atoms with Gasteiger partial charge in [0.15, 0.2) is 0 Å². The normalized spacial score (nSPS) is 39.9. The monoisotopic (exact) mass is 279 g/mol. The lowest BCUT2D eigenvalue weighted by molar-refractivity contribution is -0.139. The molecule has 5 nitrogen and oxygen atoms in total. The van der Waals surface area contributed by atoms with E-state index in [4.69, 9.17) is 5.73 Å². The molecular formula is C15H25N3O2. The standard InChI is InChI=1S/C15H25N3O2/c1-9(19)17-12-3-2-6-18(8-12)15(20)13-10-4-5-11(7-10)14(13)16/h10-14H,2-8,16H2,1H3,(H,17,19). The number of carbonyl (C=O) groups is 2. The molecule has 2 bridgehead atoms. The zero-order chi connectivity index (χ0) is 14.3. The van der Waals surface area contributed by atoms with Crippen molar-refractivity contribution in [3.05, 3.63) is 0 Å². The maximum atomic E-state index is 12.8. The van der Waals surface area contributed by atoms with Crippen molar-refractivity contribution < 1.29 is 9.59 Å². The summed E-state index contributed by atoms with van der Waals surface area (Å²) in [7, 11) is 0. The Balaban J connectivity index is 1.63. The van der Waals surface area contributed by atoms with E-state index in [1.165, 1.54) is 13.3 Å². The van der Waals surface area contributed by atoms with E-state index in [-0.39, 0.29) is 29.8 Å². The van der Waals surface area contributed by atoms with Crippen LogP contribution in [-0.2, 0) is 9.59 Å². The van der Waals surface area contributed by atoms with Gasteiger partial charge in [0, 0.05) is 32.1 Å². The zero-order valence-corrected chi connectivity index (χ0v) is 12.2. The molecule has 5 atom stereocenters. The molecule has 0 aromatic rings. The molecule has 3 fully saturated rings. The van der Waals surface area contributed by atoms with E-state index < -0.39 is 0 Å². The Bertz CT molecular complexity index is 410. The number of likely N-dealkylation sites (tertiary alicyclic amines) is 1. The second-order valence-electron chi connectivity index (χ2n) is 6.76. The van der Waals surface area contributed by atoms with Crippen LogP contribution in [-0.4, -0.2) is 41.9 Å². The molecule has 112 valence electrons. The van der Waals surface area contributed by atoms with Crippen LogP contribution in [0.2, 0.25) is 0 Å². The van der Waals surface area contributed by atoms with Crippen molar-refractivity contribution in [3.63, 3.8) is 0 Å². The van der Waals surface area contributed by atoms with Crippen molar-refractivity contribution in [1.82, 2.24) is 10.2 Å². The minimum absolute atomic E-state index is 0.0130. The molecule has 0 radical (unpaired) electrons. The molecule has 3 rings (SSSR count). The average Bonchev–Trinajstić information content (AvgIpc) is 2.98. The van der Waals surface area contributed by atoms with E-state index >= 15 is 0 Å². The van der Waals surface area contributed by atoms with Gasteiger partial charge in [-0.1, -0.05) is 0 Å². The quantitative estimate of drug-likeness (QED) is 0.772. The number of piperidine rings is 1. The molecule has 1 saturated heterocycles. The first-order valence-electron chi connectivity index (χ1n) is 7.87. The molecule has 2 aliphatic carbocycles. The average molecular weight is 279 g/mol. The van der Waals surface area contributed by atoms with E-state index in [1.54, 1.807) is 0 Å². The predicted molar refractivity (Wildman–Crippen MR) is 75.7 cm³/mol. The van der Waals surface area contributed by atoms with Gasteiger partial charge in [0.05, 0.1) is 5.92 Å². The SMILES string of the molecule is CC(=O)NC1CCCN(C(=O)C2C3CCC(C3)C2N)C1. The van der Waals surface area contributed by atoms with Gasteiger partial charge in [-0.3, -0.25) is 9.59 Å². The van der Waals surface area contributed by atoms with Gasteiger partial charge in [-0.25, -0.2) is 0 Å². The number of fused-ring (bicyclic) bond motifs is 2. The highest BCUT2D eigenvalue weighted by atomic mass is 16.2. The Morgan fingerprint density at radius 3 is 2.60 bits per heavy atom. The van der Waals surface area contributed by atoms with Crippen LogP contribution in [0.4, 0.5) is 0 Å². The number of rotatable bonds is 2. The lowest BCUT2D eigenvalue weighted by atomic mass is 9.83. The van der Waals surface area contributed by atoms with Gasteiger partial charge in [-0.05, 0) is 43.9 Å². The minimum Gasteiger partial charge on any atom is -0.352 e. The summed E-state index contributed by atoms with van der Waals surface area (Å²) in [5, 5.41) is 2.94. The first-order chi connectivity index (χ1) is 9.56. The Kier molecular flexibility index (Phi) is 3.71. The molecule has 1 aliphatic heterocycles. The first-order valence-corrected chi connectivity index (χ1v) is 7.87. The summed E-state index contributed by atoms with van der Waals surface area (Å²) >= 11 is 0. The van der Waals surface area contributed by atoms with E-state index in [1.807, 2.05) is 4.90 Å². The molecule has 3 aliphatic rings. The fourth-order valence-corrected chi connectivity index (χ4v) is 4.50. The summed E-state index contributed by atoms with van der Waals surface area (Å²) in [5.41, 5.74) is 6.27. The fraction of sp³-hybridized carbons (Fsp3) is 0.867. The second-order valence-corrected chi connectivity index (χ2v) is 6.76. The van der Waals surface area contributed by atoms with Gasteiger partial charge < -0.3 is 16.0 Å². The van der Waals surface area contributed by atoms with Crippen LogP contribution in [0.25, 0.3) is 0 Å². The first kappa shape index (κ1) is 13.9. The summed E-state index contributed by atoms with van der Waals surface area (Å²) < 4.78 is 0. The van der Waals surface area contributed by atoms with Crippen molar-refractivity contribution in [2.24, 2.45) is 23.5 Å². The topological polar surface area (TPSA) is 75.4 Å². The molecular weight excluding hydrogens is 254 g/mol. The van der Waals surface area contributed by atoms with Gasteiger partial charge in [-0.15, -0.1) is 0 Å². The van der Waals surface area contributed by atoms with Crippen molar-refractivity contribution in [3.8, 4) is 0 Å². The van der Waals surface area contributed by atoms with Gasteiger partial charge in [0.1, 0.15) is 0 Å². The number of hydrogen-bond donors (Lipinski definition) is 2. The molecule has 5 unspecified atom stereocenters. The Hall–Kier alpha value is -1.10. The number of amides is 2. The van der Waals surface area contributed by atoms with Crippen LogP contribution in [0, 0.1) is 17.8 Å². The van der Waals surface area contributed by atoms with E-state index in [9.17, 15) is 9.59 Å². The van der Waals surface area contributed by atoms with E-state index in [0.717, 1.165) is 32.2 Å². The van der Waals surface area contributed by atoms with E-state index in [0.29, 0.717) is 18.4 Å². The van der Waals surface area contributed by atoms with Crippen LogP contribution in [0.1, 0.15) is 39.0 Å². The van der Waals surface area contributed by atoms with Gasteiger partial charge >= 0.3 is 0 Å². The smallest absolute Gasteiger partial charge is 0.227 e. The molecule has 2 saturated carbocycles. The molecule has 3 N–H and O–H groups in total. The number of nitrogens with zero attached hydrogens (tertiary/aromatic N) is 1. The summed E-state index contributed by atoms with van der Waals surface area (Å²) in [6.45, 7) is 3.00. The zero-order valence-electron chi connectivity index (χ0n) is 12.2. The highest BCUT2D eigenvalue weighted by molar-refractivity contribution is 5.81. The lowest BCUT2D eigenvalue weighted by Crippen LogP contribution is -2.53. The maximum absolute atomic E-state index is 12.8. The summed E-state index contributed by atoms with van der Waals surface area (Å²) in [5.74, 6) is 1.32. The molecule has 0 aromatic heterocycles. The molecule has 20 heavy (non-hydrogen) atoms. The minimum atomic E-state index is -0.0130. The maximum Gasteiger partial charge on any atom is 0.227 e. The van der Waals surface area contributed by atoms with Crippen LogP contribution >= 0.6 is 0 Å². The third-order valence-electron chi connectivity index (χ3n) is 5.41. The molecule has 1 heterocycles. The molecule has 5 heteroatoms. The number of hydrogen-bond acceptors (Lipinski definition) is 3. The molecule has 2 amide bonds. The number of nitrogens with one attached hydrogen (secondary N) is 1. The second kappa shape index (κ2) is 5.35. The Morgan fingerprint density at radius 1 is 1.20 bits per heavy atom. The molecule has 0 aromatic carbocycles. The van der Waals surface area contributed by atoms with Gasteiger partial charge in [0.2, 0.25) is 11.8 Å². The largest absolute Gasteiger partial charge is 0.352 e. The van der Waals surface area contributed by atoms with Crippen LogP contribution in [0.15, 0.2) is 0 Å². The van der Waals surface area contributed by atoms with E-state index in [2.05, 4.69) is 5.32 Å². The van der Waals surface area contributed by atoms with Crippen LogP contribution in [0.5, 0.6) is 0 Å². The van der Waals surface area contributed by atoms with Crippen LogP contribution in [0.3, 0.4) is 0 Å². The highest BCUT2D eigenvalue weighted by Gasteiger charge is 2.50.